The molecule has 1 aliphatic rings. The molecule has 2 nitrogen and oxygen atoms in total. The fourth-order valence-corrected chi connectivity index (χ4v) is 3.04. The zero-order valence-corrected chi connectivity index (χ0v) is 11.5. The fourth-order valence-electron chi connectivity index (χ4n) is 2.83. The van der Waals surface area contributed by atoms with Crippen molar-refractivity contribution in [1.82, 2.24) is 4.90 Å². The molecule has 2 atom stereocenters. The molecule has 1 fully saturated rings. The van der Waals surface area contributed by atoms with Crippen LogP contribution in [0, 0.1) is 17.2 Å². The van der Waals surface area contributed by atoms with Gasteiger partial charge in [-0.05, 0) is 37.6 Å². The second kappa shape index (κ2) is 6.22. The standard InChI is InChI=1S/C15H19ClN2/c1-18(11-12-5-4-7-14(16)9-12)15-8-3-2-6-13(15)10-17/h4-5,7,9,13,15H,2-3,6,8,11H2,1H3. The summed E-state index contributed by atoms with van der Waals surface area (Å²) < 4.78 is 0. The van der Waals surface area contributed by atoms with E-state index < -0.39 is 0 Å². The lowest BCUT2D eigenvalue weighted by molar-refractivity contribution is 0.151. The van der Waals surface area contributed by atoms with Gasteiger partial charge in [-0.25, -0.2) is 0 Å². The largest absolute Gasteiger partial charge is 0.298 e. The summed E-state index contributed by atoms with van der Waals surface area (Å²) >= 11 is 6.00. The average molecular weight is 263 g/mol. The first-order chi connectivity index (χ1) is 8.70. The molecule has 1 saturated carbocycles. The zero-order valence-electron chi connectivity index (χ0n) is 10.8. The lowest BCUT2D eigenvalue weighted by Crippen LogP contribution is -2.39. The van der Waals surface area contributed by atoms with E-state index >= 15 is 0 Å². The zero-order chi connectivity index (χ0) is 13.0. The second-order valence-corrected chi connectivity index (χ2v) is 5.57. The Balaban J connectivity index is 2.02. The number of rotatable bonds is 3. The smallest absolute Gasteiger partial charge is 0.0672 e. The topological polar surface area (TPSA) is 27.0 Å². The van der Waals surface area contributed by atoms with E-state index in [0.717, 1.165) is 24.4 Å². The third-order valence-corrected chi connectivity index (χ3v) is 4.02. The van der Waals surface area contributed by atoms with Gasteiger partial charge < -0.3 is 0 Å². The maximum absolute atomic E-state index is 9.22. The highest BCUT2D eigenvalue weighted by molar-refractivity contribution is 6.30. The minimum Gasteiger partial charge on any atom is -0.298 e. The number of benzene rings is 1. The Kier molecular flexibility index (Phi) is 4.63. The molecule has 0 heterocycles. The summed E-state index contributed by atoms with van der Waals surface area (Å²) in [4.78, 5) is 2.30. The van der Waals surface area contributed by atoms with E-state index in [1.165, 1.54) is 18.4 Å². The molecule has 2 rings (SSSR count). The Hall–Kier alpha value is -1.04. The lowest BCUT2D eigenvalue weighted by Gasteiger charge is -2.34. The number of hydrogen-bond donors (Lipinski definition) is 0. The molecular formula is C15H19ClN2. The van der Waals surface area contributed by atoms with Crippen LogP contribution in [0.1, 0.15) is 31.2 Å². The van der Waals surface area contributed by atoms with Crippen LogP contribution in [-0.2, 0) is 6.54 Å². The summed E-state index contributed by atoms with van der Waals surface area (Å²) in [5, 5.41) is 10.0. The van der Waals surface area contributed by atoms with Crippen LogP contribution < -0.4 is 0 Å². The highest BCUT2D eigenvalue weighted by Gasteiger charge is 2.28. The summed E-state index contributed by atoms with van der Waals surface area (Å²) in [6.07, 6.45) is 4.61. The van der Waals surface area contributed by atoms with Gasteiger partial charge >= 0.3 is 0 Å². The summed E-state index contributed by atoms with van der Waals surface area (Å²) in [5.41, 5.74) is 1.22. The van der Waals surface area contributed by atoms with Crippen LogP contribution in [0.4, 0.5) is 0 Å². The molecule has 0 aromatic heterocycles. The average Bonchev–Trinajstić information content (AvgIpc) is 2.38. The first-order valence-corrected chi connectivity index (χ1v) is 6.93. The van der Waals surface area contributed by atoms with Crippen molar-refractivity contribution in [3.8, 4) is 6.07 Å². The molecule has 3 heteroatoms. The molecule has 2 unspecified atom stereocenters. The van der Waals surface area contributed by atoms with E-state index in [4.69, 9.17) is 11.6 Å². The van der Waals surface area contributed by atoms with E-state index in [0.29, 0.717) is 6.04 Å². The van der Waals surface area contributed by atoms with E-state index in [1.54, 1.807) is 0 Å². The molecule has 0 saturated heterocycles. The first kappa shape index (κ1) is 13.4. The van der Waals surface area contributed by atoms with Gasteiger partial charge in [-0.1, -0.05) is 36.6 Å². The van der Waals surface area contributed by atoms with Crippen molar-refractivity contribution in [1.29, 1.82) is 5.26 Å². The van der Waals surface area contributed by atoms with Crippen molar-refractivity contribution >= 4 is 11.6 Å². The van der Waals surface area contributed by atoms with Crippen LogP contribution in [-0.4, -0.2) is 18.0 Å². The van der Waals surface area contributed by atoms with Crippen molar-refractivity contribution < 1.29 is 0 Å². The number of nitrogens with zero attached hydrogens (tertiary/aromatic N) is 2. The van der Waals surface area contributed by atoms with Gasteiger partial charge in [0, 0.05) is 17.6 Å². The molecule has 18 heavy (non-hydrogen) atoms. The van der Waals surface area contributed by atoms with Gasteiger partial charge in [0.2, 0.25) is 0 Å². The van der Waals surface area contributed by atoms with Crippen molar-refractivity contribution in [2.24, 2.45) is 5.92 Å². The lowest BCUT2D eigenvalue weighted by atomic mass is 9.84. The van der Waals surface area contributed by atoms with Crippen LogP contribution in [0.5, 0.6) is 0 Å². The fraction of sp³-hybridized carbons (Fsp3) is 0.533. The quantitative estimate of drug-likeness (QED) is 0.827. The number of halogens is 1. The Labute approximate surface area is 114 Å². The van der Waals surface area contributed by atoms with Crippen molar-refractivity contribution in [2.75, 3.05) is 7.05 Å². The Morgan fingerprint density at radius 1 is 1.39 bits per heavy atom. The van der Waals surface area contributed by atoms with Crippen LogP contribution >= 0.6 is 11.6 Å². The Morgan fingerprint density at radius 2 is 2.17 bits per heavy atom. The molecule has 0 bridgehead atoms. The van der Waals surface area contributed by atoms with Gasteiger partial charge in [-0.3, -0.25) is 4.90 Å². The molecular weight excluding hydrogens is 244 g/mol. The maximum atomic E-state index is 9.22. The van der Waals surface area contributed by atoms with Gasteiger partial charge in [0.05, 0.1) is 12.0 Å². The SMILES string of the molecule is CN(Cc1cccc(Cl)c1)C1CCCCC1C#N. The van der Waals surface area contributed by atoms with Gasteiger partial charge in [0.1, 0.15) is 0 Å². The molecule has 1 aromatic carbocycles. The van der Waals surface area contributed by atoms with Crippen molar-refractivity contribution in [3.63, 3.8) is 0 Å². The normalized spacial score (nSPS) is 23.9. The van der Waals surface area contributed by atoms with Gasteiger partial charge in [-0.15, -0.1) is 0 Å². The highest BCUT2D eigenvalue weighted by Crippen LogP contribution is 2.28. The summed E-state index contributed by atoms with van der Waals surface area (Å²) in [5.74, 6) is 0.183. The van der Waals surface area contributed by atoms with Crippen molar-refractivity contribution in [2.45, 2.75) is 38.3 Å². The number of nitriles is 1. The molecule has 0 spiro atoms. The molecule has 0 aliphatic heterocycles. The molecule has 96 valence electrons. The van der Waals surface area contributed by atoms with E-state index in [9.17, 15) is 5.26 Å². The third kappa shape index (κ3) is 3.25. The van der Waals surface area contributed by atoms with Crippen LogP contribution in [0.15, 0.2) is 24.3 Å². The molecule has 0 N–H and O–H groups in total. The van der Waals surface area contributed by atoms with E-state index in [1.807, 2.05) is 18.2 Å². The molecule has 0 amide bonds. The highest BCUT2D eigenvalue weighted by atomic mass is 35.5. The minimum absolute atomic E-state index is 0.183. The molecule has 1 aliphatic carbocycles. The third-order valence-electron chi connectivity index (χ3n) is 3.78. The van der Waals surface area contributed by atoms with Crippen LogP contribution in [0.3, 0.4) is 0 Å². The summed E-state index contributed by atoms with van der Waals surface area (Å²) in [6, 6.07) is 10.8. The van der Waals surface area contributed by atoms with E-state index in [2.05, 4.69) is 24.1 Å². The Morgan fingerprint density at radius 3 is 2.89 bits per heavy atom. The summed E-state index contributed by atoms with van der Waals surface area (Å²) in [7, 11) is 2.11. The van der Waals surface area contributed by atoms with Gasteiger partial charge in [-0.2, -0.15) is 5.26 Å². The molecule has 0 radical (unpaired) electrons. The van der Waals surface area contributed by atoms with Crippen molar-refractivity contribution in [3.05, 3.63) is 34.9 Å². The monoisotopic (exact) mass is 262 g/mol. The minimum atomic E-state index is 0.183. The van der Waals surface area contributed by atoms with Gasteiger partial charge in [0.15, 0.2) is 0 Å². The van der Waals surface area contributed by atoms with Crippen LogP contribution in [0.25, 0.3) is 0 Å². The maximum Gasteiger partial charge on any atom is 0.0672 e. The van der Waals surface area contributed by atoms with Gasteiger partial charge in [0.25, 0.3) is 0 Å². The second-order valence-electron chi connectivity index (χ2n) is 5.13. The predicted octanol–water partition coefficient (Wildman–Crippen LogP) is 3.85. The van der Waals surface area contributed by atoms with Crippen LogP contribution in [0.2, 0.25) is 5.02 Å². The number of hydrogen-bond acceptors (Lipinski definition) is 2. The Bertz CT molecular complexity index is 438. The first-order valence-electron chi connectivity index (χ1n) is 6.55. The summed E-state index contributed by atoms with van der Waals surface area (Å²) in [6.45, 7) is 0.864. The predicted molar refractivity (Wildman–Crippen MR) is 74.3 cm³/mol. The molecule has 1 aromatic rings. The van der Waals surface area contributed by atoms with E-state index in [-0.39, 0.29) is 5.92 Å².